The van der Waals surface area contributed by atoms with Gasteiger partial charge in [0.15, 0.2) is 0 Å². The SMILES string of the molecule is Cc1ccc(C(=O)C[NH2+]CCCC(=O)[O-])cc1. The van der Waals surface area contributed by atoms with E-state index in [1.54, 1.807) is 0 Å². The number of hydrogen-bond acceptors (Lipinski definition) is 3. The predicted molar refractivity (Wildman–Crippen MR) is 61.4 cm³/mol. The van der Waals surface area contributed by atoms with Crippen LogP contribution in [0.2, 0.25) is 0 Å². The summed E-state index contributed by atoms with van der Waals surface area (Å²) in [5.74, 6) is -0.971. The summed E-state index contributed by atoms with van der Waals surface area (Å²) >= 11 is 0. The second kappa shape index (κ2) is 6.81. The van der Waals surface area contributed by atoms with Crippen LogP contribution in [0.15, 0.2) is 24.3 Å². The fourth-order valence-electron chi connectivity index (χ4n) is 1.48. The number of aryl methyl sites for hydroxylation is 1. The third kappa shape index (κ3) is 5.26. The number of carboxylic acid groups (broad SMARTS) is 1. The molecule has 0 spiro atoms. The van der Waals surface area contributed by atoms with Gasteiger partial charge in [-0.3, -0.25) is 4.79 Å². The molecular weight excluding hydrogens is 218 g/mol. The third-order valence-electron chi connectivity index (χ3n) is 2.49. The predicted octanol–water partition coefficient (Wildman–Crippen LogP) is -0.729. The van der Waals surface area contributed by atoms with Crippen LogP contribution in [-0.4, -0.2) is 24.8 Å². The first kappa shape index (κ1) is 13.4. The number of nitrogens with two attached hydrogens (primary N) is 1. The lowest BCUT2D eigenvalue weighted by molar-refractivity contribution is -0.643. The van der Waals surface area contributed by atoms with Gasteiger partial charge in [-0.15, -0.1) is 0 Å². The molecular formula is C13H17NO3. The standard InChI is InChI=1S/C13H17NO3/c1-10-4-6-11(7-5-10)12(15)9-14-8-2-3-13(16)17/h4-7,14H,2-3,8-9H2,1H3,(H,16,17). The zero-order valence-electron chi connectivity index (χ0n) is 9.94. The average Bonchev–Trinajstić information content (AvgIpc) is 2.29. The van der Waals surface area contributed by atoms with Crippen molar-refractivity contribution >= 4 is 11.8 Å². The lowest BCUT2D eigenvalue weighted by Gasteiger charge is -2.03. The molecule has 0 aliphatic heterocycles. The van der Waals surface area contributed by atoms with Crippen LogP contribution in [0.1, 0.15) is 28.8 Å². The molecule has 0 heterocycles. The van der Waals surface area contributed by atoms with Crippen molar-refractivity contribution in [3.63, 3.8) is 0 Å². The van der Waals surface area contributed by atoms with E-state index in [4.69, 9.17) is 0 Å². The van der Waals surface area contributed by atoms with Gasteiger partial charge in [0.2, 0.25) is 5.78 Å². The zero-order valence-corrected chi connectivity index (χ0v) is 9.94. The van der Waals surface area contributed by atoms with Gasteiger partial charge in [0.25, 0.3) is 0 Å². The van der Waals surface area contributed by atoms with Crippen molar-refractivity contribution in [2.75, 3.05) is 13.1 Å². The minimum Gasteiger partial charge on any atom is -0.550 e. The molecule has 0 saturated carbocycles. The second-order valence-corrected chi connectivity index (χ2v) is 4.05. The van der Waals surface area contributed by atoms with E-state index >= 15 is 0 Å². The Balaban J connectivity index is 2.25. The number of hydrogen-bond donors (Lipinski definition) is 1. The molecule has 0 radical (unpaired) electrons. The maximum absolute atomic E-state index is 11.7. The van der Waals surface area contributed by atoms with E-state index in [1.165, 1.54) is 0 Å². The highest BCUT2D eigenvalue weighted by atomic mass is 16.4. The Bertz CT molecular complexity index is 384. The van der Waals surface area contributed by atoms with Crippen molar-refractivity contribution in [1.82, 2.24) is 0 Å². The Morgan fingerprint density at radius 1 is 1.24 bits per heavy atom. The van der Waals surface area contributed by atoms with Gasteiger partial charge >= 0.3 is 0 Å². The van der Waals surface area contributed by atoms with Crippen molar-refractivity contribution in [3.8, 4) is 0 Å². The van der Waals surface area contributed by atoms with Crippen LogP contribution < -0.4 is 10.4 Å². The Hall–Kier alpha value is -1.68. The maximum atomic E-state index is 11.7. The Morgan fingerprint density at radius 2 is 1.88 bits per heavy atom. The minimum absolute atomic E-state index is 0.0508. The third-order valence-corrected chi connectivity index (χ3v) is 2.49. The molecule has 4 heteroatoms. The fraction of sp³-hybridized carbons (Fsp3) is 0.385. The first-order valence-electron chi connectivity index (χ1n) is 5.71. The van der Waals surface area contributed by atoms with E-state index in [0.717, 1.165) is 5.56 Å². The molecule has 4 nitrogen and oxygen atoms in total. The van der Waals surface area contributed by atoms with Crippen molar-refractivity contribution in [2.45, 2.75) is 19.8 Å². The number of Topliss-reactive ketones (excluding diaryl/α,β-unsaturated/α-hetero) is 1. The number of carbonyl (C=O) groups is 2. The number of ketones is 1. The van der Waals surface area contributed by atoms with E-state index in [9.17, 15) is 14.7 Å². The van der Waals surface area contributed by atoms with Crippen LogP contribution >= 0.6 is 0 Å². The van der Waals surface area contributed by atoms with Gasteiger partial charge in [-0.1, -0.05) is 29.8 Å². The number of aliphatic carboxylic acids is 1. The molecule has 0 fully saturated rings. The van der Waals surface area contributed by atoms with Gasteiger partial charge in [-0.05, 0) is 13.3 Å². The van der Waals surface area contributed by atoms with Crippen molar-refractivity contribution in [2.24, 2.45) is 0 Å². The van der Waals surface area contributed by atoms with Crippen molar-refractivity contribution < 1.29 is 20.0 Å². The maximum Gasteiger partial charge on any atom is 0.216 e. The van der Waals surface area contributed by atoms with Gasteiger partial charge in [0.05, 0.1) is 6.54 Å². The number of benzene rings is 1. The average molecular weight is 235 g/mol. The molecule has 0 unspecified atom stereocenters. The van der Waals surface area contributed by atoms with Gasteiger partial charge in [0.1, 0.15) is 6.54 Å². The lowest BCUT2D eigenvalue weighted by Crippen LogP contribution is -2.85. The van der Waals surface area contributed by atoms with Crippen LogP contribution in [0, 0.1) is 6.92 Å². The smallest absolute Gasteiger partial charge is 0.216 e. The van der Waals surface area contributed by atoms with Crippen LogP contribution in [-0.2, 0) is 4.79 Å². The van der Waals surface area contributed by atoms with E-state index in [1.807, 2.05) is 36.5 Å². The van der Waals surface area contributed by atoms with E-state index < -0.39 is 5.97 Å². The van der Waals surface area contributed by atoms with E-state index in [2.05, 4.69) is 0 Å². The molecule has 1 aromatic carbocycles. The summed E-state index contributed by atoms with van der Waals surface area (Å²) in [4.78, 5) is 21.9. The summed E-state index contributed by atoms with van der Waals surface area (Å²) in [6, 6.07) is 7.44. The molecule has 92 valence electrons. The quantitative estimate of drug-likeness (QED) is 0.500. The minimum atomic E-state index is -1.04. The first-order valence-corrected chi connectivity index (χ1v) is 5.71. The van der Waals surface area contributed by atoms with Gasteiger partial charge < -0.3 is 15.2 Å². The molecule has 0 aliphatic carbocycles. The number of quaternary nitrogens is 1. The summed E-state index contributed by atoms with van der Waals surface area (Å²) in [6.45, 7) is 2.96. The normalized spacial score (nSPS) is 10.2. The number of carbonyl (C=O) groups excluding carboxylic acids is 2. The summed E-state index contributed by atoms with van der Waals surface area (Å²) < 4.78 is 0. The zero-order chi connectivity index (χ0) is 12.7. The Labute approximate surface area is 101 Å². The molecule has 0 aromatic heterocycles. The van der Waals surface area contributed by atoms with E-state index in [0.29, 0.717) is 25.1 Å². The number of carboxylic acids is 1. The van der Waals surface area contributed by atoms with Crippen molar-refractivity contribution in [3.05, 3.63) is 35.4 Å². The summed E-state index contributed by atoms with van der Waals surface area (Å²) in [7, 11) is 0. The molecule has 0 aliphatic rings. The highest BCUT2D eigenvalue weighted by Gasteiger charge is 2.06. The largest absolute Gasteiger partial charge is 0.550 e. The highest BCUT2D eigenvalue weighted by molar-refractivity contribution is 5.96. The monoisotopic (exact) mass is 235 g/mol. The Morgan fingerprint density at radius 3 is 2.47 bits per heavy atom. The molecule has 0 amide bonds. The molecule has 2 N–H and O–H groups in total. The highest BCUT2D eigenvalue weighted by Crippen LogP contribution is 2.02. The van der Waals surface area contributed by atoms with Crippen LogP contribution in [0.3, 0.4) is 0 Å². The topological polar surface area (TPSA) is 73.8 Å². The number of rotatable bonds is 7. The van der Waals surface area contributed by atoms with Gasteiger partial charge in [-0.25, -0.2) is 0 Å². The first-order chi connectivity index (χ1) is 8.09. The molecule has 0 atom stereocenters. The molecule has 1 rings (SSSR count). The Kier molecular flexibility index (Phi) is 5.36. The van der Waals surface area contributed by atoms with Gasteiger partial charge in [0, 0.05) is 18.0 Å². The lowest BCUT2D eigenvalue weighted by atomic mass is 10.1. The van der Waals surface area contributed by atoms with Crippen LogP contribution in [0.5, 0.6) is 0 Å². The molecule has 17 heavy (non-hydrogen) atoms. The fourth-order valence-corrected chi connectivity index (χ4v) is 1.48. The summed E-state index contributed by atoms with van der Waals surface area (Å²) in [5.41, 5.74) is 1.83. The summed E-state index contributed by atoms with van der Waals surface area (Å²) in [6.07, 6.45) is 0.582. The van der Waals surface area contributed by atoms with Crippen molar-refractivity contribution in [1.29, 1.82) is 0 Å². The molecule has 0 bridgehead atoms. The van der Waals surface area contributed by atoms with Gasteiger partial charge in [-0.2, -0.15) is 0 Å². The van der Waals surface area contributed by atoms with E-state index in [-0.39, 0.29) is 12.2 Å². The van der Waals surface area contributed by atoms with Crippen LogP contribution in [0.4, 0.5) is 0 Å². The van der Waals surface area contributed by atoms with Crippen LogP contribution in [0.25, 0.3) is 0 Å². The second-order valence-electron chi connectivity index (χ2n) is 4.05. The summed E-state index contributed by atoms with van der Waals surface area (Å²) in [5, 5.41) is 12.0. The molecule has 0 saturated heterocycles. The molecule has 1 aromatic rings.